The van der Waals surface area contributed by atoms with Gasteiger partial charge in [-0.1, -0.05) is 30.3 Å². The minimum absolute atomic E-state index is 0. The fourth-order valence-corrected chi connectivity index (χ4v) is 3.04. The Morgan fingerprint density at radius 2 is 1.96 bits per heavy atom. The molecule has 0 aliphatic carbocycles. The van der Waals surface area contributed by atoms with Crippen molar-refractivity contribution in [1.82, 2.24) is 5.32 Å². The average molecular weight is 405 g/mol. The molecule has 28 heavy (non-hydrogen) atoms. The second-order valence-corrected chi connectivity index (χ2v) is 6.51. The van der Waals surface area contributed by atoms with Gasteiger partial charge in [-0.3, -0.25) is 4.79 Å². The lowest BCUT2D eigenvalue weighted by molar-refractivity contribution is -0.120. The Morgan fingerprint density at radius 1 is 1.18 bits per heavy atom. The number of benzene rings is 2. The number of anilines is 1. The first-order chi connectivity index (χ1) is 13.2. The summed E-state index contributed by atoms with van der Waals surface area (Å²) in [5.41, 5.74) is 1.86. The molecular weight excluding hydrogens is 380 g/mol. The van der Waals surface area contributed by atoms with Gasteiger partial charge < -0.3 is 20.1 Å². The van der Waals surface area contributed by atoms with Crippen LogP contribution in [0.1, 0.15) is 28.8 Å². The number of carbonyl (C=O) groups is 2. The SMILES string of the molecule is COC(=O)c1ccc(OCc2ccccc2)c(NC(=O)C2CCCNC2)c1.Cl. The molecule has 2 N–H and O–H groups in total. The topological polar surface area (TPSA) is 76.7 Å². The van der Waals surface area contributed by atoms with Crippen LogP contribution in [0, 0.1) is 5.92 Å². The zero-order chi connectivity index (χ0) is 19.1. The molecule has 1 atom stereocenters. The van der Waals surface area contributed by atoms with Crippen molar-refractivity contribution in [2.24, 2.45) is 5.92 Å². The molecule has 1 heterocycles. The highest BCUT2D eigenvalue weighted by Gasteiger charge is 2.22. The van der Waals surface area contributed by atoms with Gasteiger partial charge in [-0.25, -0.2) is 4.79 Å². The summed E-state index contributed by atoms with van der Waals surface area (Å²) in [6.07, 6.45) is 1.81. The van der Waals surface area contributed by atoms with E-state index in [9.17, 15) is 9.59 Å². The van der Waals surface area contributed by atoms with Gasteiger partial charge >= 0.3 is 5.97 Å². The van der Waals surface area contributed by atoms with E-state index in [1.54, 1.807) is 18.2 Å². The maximum atomic E-state index is 12.6. The lowest BCUT2D eigenvalue weighted by Crippen LogP contribution is -2.37. The van der Waals surface area contributed by atoms with Crippen LogP contribution in [0.15, 0.2) is 48.5 Å². The third-order valence-electron chi connectivity index (χ3n) is 4.56. The predicted octanol–water partition coefficient (Wildman–Crippen LogP) is 3.41. The lowest BCUT2D eigenvalue weighted by Gasteiger charge is -2.22. The molecule has 0 bridgehead atoms. The van der Waals surface area contributed by atoms with Crippen LogP contribution in [0.4, 0.5) is 5.69 Å². The van der Waals surface area contributed by atoms with Crippen LogP contribution in [-0.4, -0.2) is 32.1 Å². The van der Waals surface area contributed by atoms with Crippen molar-refractivity contribution in [2.75, 3.05) is 25.5 Å². The molecule has 2 aromatic carbocycles. The molecule has 7 heteroatoms. The van der Waals surface area contributed by atoms with Gasteiger partial charge in [0.1, 0.15) is 12.4 Å². The van der Waals surface area contributed by atoms with Crippen LogP contribution in [0.3, 0.4) is 0 Å². The van der Waals surface area contributed by atoms with Crippen molar-refractivity contribution in [2.45, 2.75) is 19.4 Å². The first-order valence-corrected chi connectivity index (χ1v) is 9.08. The van der Waals surface area contributed by atoms with E-state index in [0.29, 0.717) is 30.2 Å². The summed E-state index contributed by atoms with van der Waals surface area (Å²) >= 11 is 0. The fraction of sp³-hybridized carbons (Fsp3) is 0.333. The minimum atomic E-state index is -0.459. The molecule has 2 aromatic rings. The summed E-state index contributed by atoms with van der Waals surface area (Å²) in [6.45, 7) is 1.96. The van der Waals surface area contributed by atoms with Gasteiger partial charge in [-0.05, 0) is 43.1 Å². The molecule has 0 radical (unpaired) electrons. The summed E-state index contributed by atoms with van der Waals surface area (Å²) in [6, 6.07) is 14.7. The Labute approximate surface area is 171 Å². The van der Waals surface area contributed by atoms with E-state index >= 15 is 0 Å². The van der Waals surface area contributed by atoms with Crippen molar-refractivity contribution < 1.29 is 19.1 Å². The van der Waals surface area contributed by atoms with Gasteiger partial charge in [0.2, 0.25) is 5.91 Å². The molecule has 0 aromatic heterocycles. The van der Waals surface area contributed by atoms with Crippen LogP contribution in [0.25, 0.3) is 0 Å². The highest BCUT2D eigenvalue weighted by atomic mass is 35.5. The largest absolute Gasteiger partial charge is 0.487 e. The maximum absolute atomic E-state index is 12.6. The molecule has 1 aliphatic heterocycles. The third-order valence-corrected chi connectivity index (χ3v) is 4.56. The third kappa shape index (κ3) is 5.71. The second-order valence-electron chi connectivity index (χ2n) is 6.51. The van der Waals surface area contributed by atoms with Crippen LogP contribution < -0.4 is 15.4 Å². The second kappa shape index (κ2) is 10.7. The van der Waals surface area contributed by atoms with Crippen molar-refractivity contribution >= 4 is 30.0 Å². The zero-order valence-electron chi connectivity index (χ0n) is 15.8. The van der Waals surface area contributed by atoms with Gasteiger partial charge in [-0.15, -0.1) is 12.4 Å². The van der Waals surface area contributed by atoms with Gasteiger partial charge in [0.05, 0.1) is 24.3 Å². The lowest BCUT2D eigenvalue weighted by atomic mass is 9.98. The number of ether oxygens (including phenoxy) is 2. The molecule has 3 rings (SSSR count). The molecule has 1 aliphatic rings. The highest BCUT2D eigenvalue weighted by Crippen LogP contribution is 2.28. The van der Waals surface area contributed by atoms with Crippen LogP contribution in [0.5, 0.6) is 5.75 Å². The Balaban J connectivity index is 0.00000280. The molecule has 0 spiro atoms. The summed E-state index contributed by atoms with van der Waals surface area (Å²) in [5, 5.41) is 6.16. The van der Waals surface area contributed by atoms with E-state index in [1.165, 1.54) is 7.11 Å². The van der Waals surface area contributed by atoms with Crippen molar-refractivity contribution in [3.05, 3.63) is 59.7 Å². The Bertz CT molecular complexity index is 792. The number of esters is 1. The summed E-state index contributed by atoms with van der Waals surface area (Å²) in [7, 11) is 1.33. The van der Waals surface area contributed by atoms with E-state index < -0.39 is 5.97 Å². The van der Waals surface area contributed by atoms with Crippen molar-refractivity contribution in [3.63, 3.8) is 0 Å². The number of rotatable bonds is 6. The summed E-state index contributed by atoms with van der Waals surface area (Å²) < 4.78 is 10.7. The molecule has 1 unspecified atom stereocenters. The van der Waals surface area contributed by atoms with Crippen LogP contribution in [0.2, 0.25) is 0 Å². The molecule has 6 nitrogen and oxygen atoms in total. The predicted molar refractivity (Wildman–Crippen MR) is 110 cm³/mol. The van der Waals surface area contributed by atoms with Crippen LogP contribution in [-0.2, 0) is 16.1 Å². The number of hydrogen-bond acceptors (Lipinski definition) is 5. The van der Waals surface area contributed by atoms with Crippen molar-refractivity contribution in [1.29, 1.82) is 0 Å². The Hall–Kier alpha value is -2.57. The van der Waals surface area contributed by atoms with E-state index in [1.807, 2.05) is 30.3 Å². The number of methoxy groups -OCH3 is 1. The first-order valence-electron chi connectivity index (χ1n) is 9.08. The highest BCUT2D eigenvalue weighted by molar-refractivity contribution is 5.97. The van der Waals surface area contributed by atoms with Gasteiger partial charge in [0, 0.05) is 6.54 Å². The Kier molecular flexibility index (Phi) is 8.29. The number of carbonyl (C=O) groups excluding carboxylic acids is 2. The quantitative estimate of drug-likeness (QED) is 0.721. The van der Waals surface area contributed by atoms with E-state index in [-0.39, 0.29) is 24.2 Å². The van der Waals surface area contributed by atoms with Crippen LogP contribution >= 0.6 is 12.4 Å². The standard InChI is InChI=1S/C21H24N2O4.ClH/c1-26-21(25)16-9-10-19(27-14-15-6-3-2-4-7-15)18(12-16)23-20(24)17-8-5-11-22-13-17;/h2-4,6-7,9-10,12,17,22H,5,8,11,13-14H2,1H3,(H,23,24);1H. The number of nitrogens with one attached hydrogen (secondary N) is 2. The van der Waals surface area contributed by atoms with Gasteiger partial charge in [0.15, 0.2) is 0 Å². The number of hydrogen-bond donors (Lipinski definition) is 2. The van der Waals surface area contributed by atoms with E-state index in [4.69, 9.17) is 9.47 Å². The van der Waals surface area contributed by atoms with E-state index in [2.05, 4.69) is 10.6 Å². The van der Waals surface area contributed by atoms with E-state index in [0.717, 1.165) is 24.9 Å². The smallest absolute Gasteiger partial charge is 0.337 e. The summed E-state index contributed by atoms with van der Waals surface area (Å²) in [4.78, 5) is 24.5. The minimum Gasteiger partial charge on any atom is -0.487 e. The molecule has 1 fully saturated rings. The first kappa shape index (κ1) is 21.7. The fourth-order valence-electron chi connectivity index (χ4n) is 3.04. The normalized spacial score (nSPS) is 15.8. The van der Waals surface area contributed by atoms with Gasteiger partial charge in [0.25, 0.3) is 0 Å². The summed E-state index contributed by atoms with van der Waals surface area (Å²) in [5.74, 6) is -0.112. The Morgan fingerprint density at radius 3 is 2.64 bits per heavy atom. The monoisotopic (exact) mass is 404 g/mol. The molecule has 0 saturated carbocycles. The average Bonchev–Trinajstić information content (AvgIpc) is 2.73. The van der Waals surface area contributed by atoms with Crippen molar-refractivity contribution in [3.8, 4) is 5.75 Å². The molecule has 150 valence electrons. The number of piperidine rings is 1. The van der Waals surface area contributed by atoms with Gasteiger partial charge in [-0.2, -0.15) is 0 Å². The molecular formula is C21H25ClN2O4. The number of amides is 1. The maximum Gasteiger partial charge on any atom is 0.337 e. The molecule has 1 amide bonds. The number of halogens is 1. The zero-order valence-corrected chi connectivity index (χ0v) is 16.6. The molecule has 1 saturated heterocycles.